The summed E-state index contributed by atoms with van der Waals surface area (Å²) in [5, 5.41) is 6.71. The molecule has 0 spiro atoms. The fourth-order valence-electron chi connectivity index (χ4n) is 2.12. The first-order valence-electron chi connectivity index (χ1n) is 7.29. The number of hydrogen-bond donors (Lipinski definition) is 2. The molecule has 4 nitrogen and oxygen atoms in total. The molecule has 3 rings (SSSR count). The number of hydrogen-bond acceptors (Lipinski definition) is 4. The summed E-state index contributed by atoms with van der Waals surface area (Å²) < 4.78 is 0. The summed E-state index contributed by atoms with van der Waals surface area (Å²) in [5.41, 5.74) is 1.25. The molecule has 1 aliphatic rings. The van der Waals surface area contributed by atoms with Gasteiger partial charge in [-0.15, -0.1) is 23.7 Å². The minimum Gasteiger partial charge on any atom is -0.308 e. The highest BCUT2D eigenvalue weighted by Crippen LogP contribution is 2.27. The van der Waals surface area contributed by atoms with Gasteiger partial charge in [0.15, 0.2) is 5.13 Å². The smallest absolute Gasteiger partial charge is 0.240 e. The Morgan fingerprint density at radius 3 is 2.77 bits per heavy atom. The van der Waals surface area contributed by atoms with E-state index in [2.05, 4.69) is 27.8 Å². The predicted octanol–water partition coefficient (Wildman–Crippen LogP) is 3.09. The van der Waals surface area contributed by atoms with E-state index in [0.29, 0.717) is 11.7 Å². The van der Waals surface area contributed by atoms with E-state index in [9.17, 15) is 4.79 Å². The molecule has 1 aromatic carbocycles. The Bertz CT molecular complexity index is 598. The average molecular weight is 338 g/mol. The molecular weight excluding hydrogens is 318 g/mol. The maximum Gasteiger partial charge on any atom is 0.240 e. The van der Waals surface area contributed by atoms with Crippen LogP contribution in [0, 0.1) is 5.92 Å². The molecule has 2 N–H and O–H groups in total. The normalized spacial score (nSPS) is 13.5. The van der Waals surface area contributed by atoms with Crippen LogP contribution in [0.2, 0.25) is 0 Å². The highest BCUT2D eigenvalue weighted by molar-refractivity contribution is 7.15. The van der Waals surface area contributed by atoms with Gasteiger partial charge in [-0.25, -0.2) is 4.98 Å². The van der Waals surface area contributed by atoms with Gasteiger partial charge in [0.2, 0.25) is 5.91 Å². The maximum atomic E-state index is 11.8. The third kappa shape index (κ3) is 5.40. The van der Waals surface area contributed by atoms with Crippen LogP contribution in [0.4, 0.5) is 5.13 Å². The van der Waals surface area contributed by atoms with Gasteiger partial charge >= 0.3 is 0 Å². The summed E-state index contributed by atoms with van der Waals surface area (Å²) in [6.45, 7) is 1.31. The summed E-state index contributed by atoms with van der Waals surface area (Å²) in [7, 11) is 0. The fraction of sp³-hybridized carbons (Fsp3) is 0.375. The molecule has 0 saturated heterocycles. The zero-order valence-electron chi connectivity index (χ0n) is 12.2. The Hall–Kier alpha value is -1.43. The van der Waals surface area contributed by atoms with Gasteiger partial charge in [0.05, 0.1) is 6.54 Å². The zero-order chi connectivity index (χ0) is 14.5. The van der Waals surface area contributed by atoms with Gasteiger partial charge in [0.25, 0.3) is 0 Å². The Morgan fingerprint density at radius 1 is 1.27 bits per heavy atom. The largest absolute Gasteiger partial charge is 0.308 e. The molecule has 0 atom stereocenters. The quantitative estimate of drug-likeness (QED) is 0.816. The highest BCUT2D eigenvalue weighted by atomic mass is 35.5. The zero-order valence-corrected chi connectivity index (χ0v) is 13.9. The minimum absolute atomic E-state index is 0. The standard InChI is InChI=1S/C16H19N3OS.ClH/c20-15(11-17-9-13-6-7-13)19-16-18-10-14(21-16)8-12-4-2-1-3-5-12;/h1-5,10,13,17H,6-9,11H2,(H,18,19,20);1H. The number of anilines is 1. The molecule has 1 heterocycles. The summed E-state index contributed by atoms with van der Waals surface area (Å²) in [4.78, 5) is 17.2. The molecule has 22 heavy (non-hydrogen) atoms. The molecule has 1 aliphatic carbocycles. The monoisotopic (exact) mass is 337 g/mol. The van der Waals surface area contributed by atoms with Crippen molar-refractivity contribution in [3.05, 3.63) is 47.0 Å². The van der Waals surface area contributed by atoms with Crippen molar-refractivity contribution in [2.45, 2.75) is 19.3 Å². The molecule has 0 unspecified atom stereocenters. The first-order chi connectivity index (χ1) is 10.3. The summed E-state index contributed by atoms with van der Waals surface area (Å²) in [5.74, 6) is 0.770. The van der Waals surface area contributed by atoms with E-state index < -0.39 is 0 Å². The minimum atomic E-state index is -0.0174. The van der Waals surface area contributed by atoms with Gasteiger partial charge in [0, 0.05) is 17.5 Å². The second-order valence-electron chi connectivity index (χ2n) is 5.42. The molecular formula is C16H20ClN3OS. The lowest BCUT2D eigenvalue weighted by Gasteiger charge is -2.03. The van der Waals surface area contributed by atoms with Crippen molar-refractivity contribution >= 4 is 34.8 Å². The van der Waals surface area contributed by atoms with E-state index in [0.717, 1.165) is 23.8 Å². The lowest BCUT2D eigenvalue weighted by atomic mass is 10.1. The number of nitrogens with one attached hydrogen (secondary N) is 2. The number of rotatable bonds is 7. The van der Waals surface area contributed by atoms with Gasteiger partial charge in [-0.05, 0) is 30.9 Å². The van der Waals surface area contributed by atoms with Crippen LogP contribution in [0.3, 0.4) is 0 Å². The Balaban J connectivity index is 0.00000176. The van der Waals surface area contributed by atoms with Crippen molar-refractivity contribution in [2.24, 2.45) is 5.92 Å². The topological polar surface area (TPSA) is 54.0 Å². The fourth-order valence-corrected chi connectivity index (χ4v) is 2.98. The second-order valence-corrected chi connectivity index (χ2v) is 6.53. The van der Waals surface area contributed by atoms with Crippen LogP contribution < -0.4 is 10.6 Å². The Kier molecular flexibility index (Phi) is 6.36. The van der Waals surface area contributed by atoms with Crippen LogP contribution in [-0.4, -0.2) is 24.0 Å². The molecule has 0 bridgehead atoms. The summed E-state index contributed by atoms with van der Waals surface area (Å²) in [6, 6.07) is 10.3. The van der Waals surface area contributed by atoms with Crippen LogP contribution in [0.1, 0.15) is 23.3 Å². The predicted molar refractivity (Wildman–Crippen MR) is 92.8 cm³/mol. The number of halogens is 1. The number of thiazole rings is 1. The third-order valence-electron chi connectivity index (χ3n) is 3.44. The molecule has 6 heteroatoms. The van der Waals surface area contributed by atoms with Crippen LogP contribution in [-0.2, 0) is 11.2 Å². The van der Waals surface area contributed by atoms with Crippen molar-refractivity contribution in [2.75, 3.05) is 18.4 Å². The van der Waals surface area contributed by atoms with Crippen molar-refractivity contribution in [1.82, 2.24) is 10.3 Å². The van der Waals surface area contributed by atoms with Gasteiger partial charge in [-0.2, -0.15) is 0 Å². The van der Waals surface area contributed by atoms with Crippen molar-refractivity contribution in [3.63, 3.8) is 0 Å². The number of benzene rings is 1. The number of carbonyl (C=O) groups excluding carboxylic acids is 1. The maximum absolute atomic E-state index is 11.8. The van der Waals surface area contributed by atoms with Gasteiger partial charge in [-0.3, -0.25) is 4.79 Å². The van der Waals surface area contributed by atoms with Crippen LogP contribution >= 0.6 is 23.7 Å². The van der Waals surface area contributed by atoms with Gasteiger partial charge in [0.1, 0.15) is 0 Å². The van der Waals surface area contributed by atoms with E-state index in [1.807, 2.05) is 24.4 Å². The molecule has 2 aromatic rings. The third-order valence-corrected chi connectivity index (χ3v) is 4.35. The van der Waals surface area contributed by atoms with Crippen LogP contribution in [0.25, 0.3) is 0 Å². The molecule has 0 aliphatic heterocycles. The highest BCUT2D eigenvalue weighted by Gasteiger charge is 2.20. The van der Waals surface area contributed by atoms with Crippen molar-refractivity contribution in [1.29, 1.82) is 0 Å². The lowest BCUT2D eigenvalue weighted by Crippen LogP contribution is -2.29. The number of amides is 1. The van der Waals surface area contributed by atoms with Crippen LogP contribution in [0.15, 0.2) is 36.5 Å². The Morgan fingerprint density at radius 2 is 2.05 bits per heavy atom. The van der Waals surface area contributed by atoms with Gasteiger partial charge in [-0.1, -0.05) is 30.3 Å². The van der Waals surface area contributed by atoms with E-state index in [4.69, 9.17) is 0 Å². The lowest BCUT2D eigenvalue weighted by molar-refractivity contribution is -0.115. The SMILES string of the molecule is Cl.O=C(CNCC1CC1)Nc1ncc(Cc2ccccc2)s1. The Labute approximate surface area is 140 Å². The summed E-state index contributed by atoms with van der Waals surface area (Å²) in [6.07, 6.45) is 5.28. The number of aromatic nitrogens is 1. The van der Waals surface area contributed by atoms with Gasteiger partial charge < -0.3 is 10.6 Å². The molecule has 118 valence electrons. The first-order valence-corrected chi connectivity index (χ1v) is 8.10. The van der Waals surface area contributed by atoms with E-state index in [1.165, 1.54) is 29.7 Å². The average Bonchev–Trinajstić information content (AvgIpc) is 3.21. The van der Waals surface area contributed by atoms with Crippen molar-refractivity contribution in [3.8, 4) is 0 Å². The van der Waals surface area contributed by atoms with E-state index in [-0.39, 0.29) is 18.3 Å². The van der Waals surface area contributed by atoms with E-state index >= 15 is 0 Å². The van der Waals surface area contributed by atoms with E-state index in [1.54, 1.807) is 0 Å². The van der Waals surface area contributed by atoms with Crippen LogP contribution in [0.5, 0.6) is 0 Å². The number of nitrogens with zero attached hydrogens (tertiary/aromatic N) is 1. The molecule has 1 fully saturated rings. The molecule has 1 amide bonds. The van der Waals surface area contributed by atoms with Crippen molar-refractivity contribution < 1.29 is 4.79 Å². The number of carbonyl (C=O) groups is 1. The molecule has 0 radical (unpaired) electrons. The second kappa shape index (κ2) is 8.27. The first kappa shape index (κ1) is 16.9. The molecule has 1 aromatic heterocycles. The molecule has 1 saturated carbocycles. The summed E-state index contributed by atoms with van der Waals surface area (Å²) >= 11 is 1.54.